The summed E-state index contributed by atoms with van der Waals surface area (Å²) in [5, 5.41) is 12.0. The van der Waals surface area contributed by atoms with Crippen molar-refractivity contribution in [1.82, 2.24) is 0 Å². The van der Waals surface area contributed by atoms with Gasteiger partial charge < -0.3 is 5.11 Å². The van der Waals surface area contributed by atoms with Crippen LogP contribution in [0, 0.1) is 0 Å². The van der Waals surface area contributed by atoms with Crippen LogP contribution in [0.5, 0.6) is 5.75 Å². The van der Waals surface area contributed by atoms with E-state index in [2.05, 4.69) is 0 Å². The van der Waals surface area contributed by atoms with Gasteiger partial charge in [0, 0.05) is 10.3 Å². The average molecular weight is 206 g/mol. The molecule has 2 aromatic carbocycles. The number of fused-ring (bicyclic) bond motifs is 4. The number of hydrogen-bond acceptors (Lipinski definition) is 3. The van der Waals surface area contributed by atoms with E-state index in [4.69, 9.17) is 0 Å². The molecule has 2 bridgehead atoms. The molecule has 3 heteroatoms. The largest absolute Gasteiger partial charge is 0.506 e. The Balaban J connectivity index is 2.56. The molecule has 1 aliphatic heterocycles. The first-order valence-corrected chi connectivity index (χ1v) is 6.10. The summed E-state index contributed by atoms with van der Waals surface area (Å²) in [6.45, 7) is 0. The Kier molecular flexibility index (Phi) is 1.51. The number of phenols is 1. The Bertz CT molecular complexity index is 493. The van der Waals surface area contributed by atoms with Crippen LogP contribution in [-0.2, 0) is 0 Å². The van der Waals surface area contributed by atoms with Gasteiger partial charge in [-0.3, -0.25) is 0 Å². The van der Waals surface area contributed by atoms with E-state index in [1.165, 1.54) is 4.90 Å². The molecule has 0 saturated carbocycles. The van der Waals surface area contributed by atoms with Crippen LogP contribution in [0.1, 0.15) is 0 Å². The molecule has 0 amide bonds. The highest BCUT2D eigenvalue weighted by Gasteiger charge is 2.18. The molecule has 1 aliphatic rings. The molecule has 0 radical (unpaired) electrons. The zero-order valence-electron chi connectivity index (χ0n) is 6.65. The second kappa shape index (κ2) is 2.59. The lowest BCUT2D eigenvalue weighted by Gasteiger charge is -2.01. The highest BCUT2D eigenvalue weighted by molar-refractivity contribution is 8.77. The van der Waals surface area contributed by atoms with Crippen molar-refractivity contribution in [2.24, 2.45) is 0 Å². The summed E-state index contributed by atoms with van der Waals surface area (Å²) in [5.74, 6) is 0.425. The lowest BCUT2D eigenvalue weighted by molar-refractivity contribution is 0.469. The van der Waals surface area contributed by atoms with Crippen LogP contribution in [0.15, 0.2) is 40.1 Å². The molecule has 0 saturated heterocycles. The van der Waals surface area contributed by atoms with E-state index in [-0.39, 0.29) is 0 Å². The summed E-state index contributed by atoms with van der Waals surface area (Å²) in [6, 6.07) is 10.0. The van der Waals surface area contributed by atoms with E-state index >= 15 is 0 Å². The van der Waals surface area contributed by atoms with Crippen LogP contribution in [-0.4, -0.2) is 5.11 Å². The Morgan fingerprint density at radius 1 is 0.923 bits per heavy atom. The molecule has 64 valence electrons. The van der Waals surface area contributed by atoms with Crippen molar-refractivity contribution in [3.8, 4) is 5.75 Å². The maximum atomic E-state index is 9.85. The number of rotatable bonds is 0. The topological polar surface area (TPSA) is 20.2 Å². The molecule has 1 heterocycles. The normalized spacial score (nSPS) is 13.8. The fourth-order valence-electron chi connectivity index (χ4n) is 1.52. The van der Waals surface area contributed by atoms with E-state index in [0.29, 0.717) is 5.75 Å². The first-order valence-electron chi connectivity index (χ1n) is 3.95. The Hall–Kier alpha value is -0.800. The fraction of sp³-hybridized carbons (Fsp3) is 0. The standard InChI is InChI=1S/C10H6OS2/c11-10-7-4-2-1-3-6(7)8-5-9(10)13-12-8/h1-5,11H. The summed E-state index contributed by atoms with van der Waals surface area (Å²) in [7, 11) is 3.35. The van der Waals surface area contributed by atoms with Crippen molar-refractivity contribution in [3.63, 3.8) is 0 Å². The van der Waals surface area contributed by atoms with Crippen molar-refractivity contribution in [2.45, 2.75) is 9.79 Å². The third-order valence-corrected chi connectivity index (χ3v) is 4.58. The van der Waals surface area contributed by atoms with Crippen LogP contribution in [0.2, 0.25) is 0 Å². The molecule has 0 unspecified atom stereocenters. The molecule has 0 atom stereocenters. The van der Waals surface area contributed by atoms with Crippen LogP contribution in [0.25, 0.3) is 10.8 Å². The molecule has 3 rings (SSSR count). The number of benzene rings is 2. The molecular weight excluding hydrogens is 200 g/mol. The van der Waals surface area contributed by atoms with Gasteiger partial charge in [-0.25, -0.2) is 0 Å². The second-order valence-electron chi connectivity index (χ2n) is 2.93. The average Bonchev–Trinajstić information content (AvgIpc) is 2.61. The summed E-state index contributed by atoms with van der Waals surface area (Å²) in [5.41, 5.74) is 0. The van der Waals surface area contributed by atoms with Crippen LogP contribution < -0.4 is 0 Å². The molecule has 1 nitrogen and oxygen atoms in total. The molecule has 0 aliphatic carbocycles. The number of aromatic hydroxyl groups is 1. The van der Waals surface area contributed by atoms with Crippen molar-refractivity contribution in [1.29, 1.82) is 0 Å². The Morgan fingerprint density at radius 2 is 1.62 bits per heavy atom. The minimum atomic E-state index is 0.425. The summed E-state index contributed by atoms with van der Waals surface area (Å²) in [4.78, 5) is 2.24. The highest BCUT2D eigenvalue weighted by Crippen LogP contribution is 2.53. The molecule has 0 fully saturated rings. The van der Waals surface area contributed by atoms with E-state index in [1.807, 2.05) is 30.3 Å². The predicted octanol–water partition coefficient (Wildman–Crippen LogP) is 3.66. The van der Waals surface area contributed by atoms with Crippen molar-refractivity contribution in [2.75, 3.05) is 0 Å². The van der Waals surface area contributed by atoms with Gasteiger partial charge >= 0.3 is 0 Å². The number of hydrogen-bond donors (Lipinski definition) is 1. The van der Waals surface area contributed by atoms with Crippen LogP contribution in [0.3, 0.4) is 0 Å². The molecule has 0 spiro atoms. The van der Waals surface area contributed by atoms with Gasteiger partial charge in [-0.15, -0.1) is 0 Å². The van der Waals surface area contributed by atoms with Gasteiger partial charge in [0.2, 0.25) is 0 Å². The minimum absolute atomic E-state index is 0.425. The first-order chi connectivity index (χ1) is 6.36. The van der Waals surface area contributed by atoms with Crippen LogP contribution in [0.4, 0.5) is 0 Å². The molecule has 0 aromatic heterocycles. The SMILES string of the molecule is Oc1c2cc(c3ccccc13)SS2. The first kappa shape index (κ1) is 7.59. The highest BCUT2D eigenvalue weighted by atomic mass is 33.1. The van der Waals surface area contributed by atoms with Crippen molar-refractivity contribution < 1.29 is 5.11 Å². The van der Waals surface area contributed by atoms with Gasteiger partial charge in [-0.1, -0.05) is 35.1 Å². The van der Waals surface area contributed by atoms with Crippen molar-refractivity contribution >= 4 is 32.4 Å². The van der Waals surface area contributed by atoms with Crippen LogP contribution >= 0.6 is 21.6 Å². The van der Waals surface area contributed by atoms with Gasteiger partial charge in [-0.2, -0.15) is 0 Å². The lowest BCUT2D eigenvalue weighted by atomic mass is 10.1. The van der Waals surface area contributed by atoms with Gasteiger partial charge in [0.1, 0.15) is 5.75 Å². The molecule has 1 N–H and O–H groups in total. The fourth-order valence-corrected chi connectivity index (χ4v) is 3.90. The second-order valence-corrected chi connectivity index (χ2v) is 5.15. The van der Waals surface area contributed by atoms with E-state index in [9.17, 15) is 5.11 Å². The molecular formula is C10H6OS2. The monoisotopic (exact) mass is 206 g/mol. The quantitative estimate of drug-likeness (QED) is 0.664. The van der Waals surface area contributed by atoms with Gasteiger partial charge in [0.05, 0.1) is 4.90 Å². The third-order valence-electron chi connectivity index (χ3n) is 2.16. The summed E-state index contributed by atoms with van der Waals surface area (Å²) >= 11 is 0. The van der Waals surface area contributed by atoms with Gasteiger partial charge in [0.15, 0.2) is 0 Å². The summed E-state index contributed by atoms with van der Waals surface area (Å²) in [6.07, 6.45) is 0. The molecule has 13 heavy (non-hydrogen) atoms. The van der Waals surface area contributed by atoms with E-state index in [0.717, 1.165) is 15.7 Å². The third kappa shape index (κ3) is 0.974. The Morgan fingerprint density at radius 3 is 2.46 bits per heavy atom. The van der Waals surface area contributed by atoms with E-state index < -0.39 is 0 Å². The zero-order valence-corrected chi connectivity index (χ0v) is 8.28. The molecule has 2 aromatic rings. The zero-order chi connectivity index (χ0) is 8.84. The maximum Gasteiger partial charge on any atom is 0.137 e. The lowest BCUT2D eigenvalue weighted by Crippen LogP contribution is -1.75. The smallest absolute Gasteiger partial charge is 0.137 e. The van der Waals surface area contributed by atoms with Crippen molar-refractivity contribution in [3.05, 3.63) is 30.3 Å². The summed E-state index contributed by atoms with van der Waals surface area (Å²) < 4.78 is 0. The van der Waals surface area contributed by atoms with Gasteiger partial charge in [-0.05, 0) is 22.2 Å². The van der Waals surface area contributed by atoms with Gasteiger partial charge in [0.25, 0.3) is 0 Å². The number of phenolic OH excluding ortho intramolecular Hbond substituents is 1. The predicted molar refractivity (Wildman–Crippen MR) is 57.3 cm³/mol. The maximum absolute atomic E-state index is 9.85. The minimum Gasteiger partial charge on any atom is -0.506 e. The Labute approximate surface area is 83.5 Å². The van der Waals surface area contributed by atoms with E-state index in [1.54, 1.807) is 21.6 Å².